The van der Waals surface area contributed by atoms with Gasteiger partial charge in [-0.25, -0.2) is 4.39 Å². The van der Waals surface area contributed by atoms with Crippen LogP contribution in [0.3, 0.4) is 0 Å². The minimum atomic E-state index is -0.259. The average molecular weight is 326 g/mol. The number of halogens is 1. The standard InChI is InChI=1S/C19H23FN4/c1-13-7-14(2)11-23(10-13)19-18(22)8-17(9-21)24(19)12-15-3-5-16(20)6-4-15/h3-6,8,13-14H,7,10-12,22H2,1-2H3/t13-,14-/m0/s1. The number of nitrogens with zero attached hydrogens (tertiary/aromatic N) is 3. The van der Waals surface area contributed by atoms with Gasteiger partial charge in [-0.15, -0.1) is 0 Å². The summed E-state index contributed by atoms with van der Waals surface area (Å²) >= 11 is 0. The summed E-state index contributed by atoms with van der Waals surface area (Å²) in [4.78, 5) is 2.29. The van der Waals surface area contributed by atoms with Gasteiger partial charge >= 0.3 is 0 Å². The Hall–Kier alpha value is -2.48. The van der Waals surface area contributed by atoms with Gasteiger partial charge in [-0.3, -0.25) is 0 Å². The highest BCUT2D eigenvalue weighted by atomic mass is 19.1. The van der Waals surface area contributed by atoms with Crippen LogP contribution in [0.2, 0.25) is 0 Å². The van der Waals surface area contributed by atoms with Gasteiger partial charge in [0.15, 0.2) is 0 Å². The Bertz CT molecular complexity index is 747. The number of nitrogen functional groups attached to an aromatic ring is 1. The number of aromatic nitrogens is 1. The Balaban J connectivity index is 1.98. The zero-order chi connectivity index (χ0) is 17.3. The van der Waals surface area contributed by atoms with Crippen molar-refractivity contribution in [2.24, 2.45) is 11.8 Å². The topological polar surface area (TPSA) is 58.0 Å². The molecule has 1 aromatic carbocycles. The minimum absolute atomic E-state index is 0.259. The van der Waals surface area contributed by atoms with E-state index in [1.54, 1.807) is 18.2 Å². The minimum Gasteiger partial charge on any atom is -0.396 e. The van der Waals surface area contributed by atoms with E-state index < -0.39 is 0 Å². The van der Waals surface area contributed by atoms with E-state index in [2.05, 4.69) is 24.8 Å². The molecule has 0 bridgehead atoms. The molecule has 5 heteroatoms. The van der Waals surface area contributed by atoms with E-state index in [0.717, 1.165) is 24.5 Å². The fraction of sp³-hybridized carbons (Fsp3) is 0.421. The molecule has 0 aliphatic carbocycles. The van der Waals surface area contributed by atoms with Crippen molar-refractivity contribution < 1.29 is 4.39 Å². The summed E-state index contributed by atoms with van der Waals surface area (Å²) in [5, 5.41) is 9.48. The molecule has 2 atom stereocenters. The van der Waals surface area contributed by atoms with Crippen molar-refractivity contribution >= 4 is 11.5 Å². The molecule has 2 aromatic rings. The second kappa shape index (κ2) is 6.56. The molecule has 2 heterocycles. The van der Waals surface area contributed by atoms with E-state index in [-0.39, 0.29) is 5.82 Å². The van der Waals surface area contributed by atoms with Gasteiger partial charge in [0.05, 0.1) is 12.2 Å². The van der Waals surface area contributed by atoms with Gasteiger partial charge in [0, 0.05) is 13.1 Å². The van der Waals surface area contributed by atoms with Gasteiger partial charge in [0.2, 0.25) is 0 Å². The van der Waals surface area contributed by atoms with Crippen molar-refractivity contribution in [2.75, 3.05) is 23.7 Å². The SMILES string of the molecule is C[C@H]1C[C@H](C)CN(c2c(N)cc(C#N)n2Cc2ccc(F)cc2)C1. The van der Waals surface area contributed by atoms with Crippen LogP contribution in [0.4, 0.5) is 15.9 Å². The molecule has 126 valence electrons. The van der Waals surface area contributed by atoms with Crippen LogP contribution in [0, 0.1) is 29.0 Å². The van der Waals surface area contributed by atoms with Crippen LogP contribution in [0.15, 0.2) is 30.3 Å². The van der Waals surface area contributed by atoms with E-state index in [4.69, 9.17) is 5.73 Å². The third-order valence-electron chi connectivity index (χ3n) is 4.63. The molecular weight excluding hydrogens is 303 g/mol. The van der Waals surface area contributed by atoms with Crippen molar-refractivity contribution in [1.29, 1.82) is 5.26 Å². The van der Waals surface area contributed by atoms with E-state index >= 15 is 0 Å². The van der Waals surface area contributed by atoms with E-state index in [1.807, 2.05) is 4.57 Å². The lowest BCUT2D eigenvalue weighted by Gasteiger charge is -2.37. The lowest BCUT2D eigenvalue weighted by Crippen LogP contribution is -2.40. The zero-order valence-corrected chi connectivity index (χ0v) is 14.2. The van der Waals surface area contributed by atoms with Gasteiger partial charge in [0.25, 0.3) is 0 Å². The second-order valence-corrected chi connectivity index (χ2v) is 6.98. The van der Waals surface area contributed by atoms with Crippen molar-refractivity contribution in [3.63, 3.8) is 0 Å². The summed E-state index contributed by atoms with van der Waals surface area (Å²) in [6, 6.07) is 10.4. The molecule has 1 fully saturated rings. The number of benzene rings is 1. The number of hydrogen-bond donors (Lipinski definition) is 1. The van der Waals surface area contributed by atoms with Crippen molar-refractivity contribution in [3.05, 3.63) is 47.4 Å². The van der Waals surface area contributed by atoms with Crippen LogP contribution in [0.5, 0.6) is 0 Å². The quantitative estimate of drug-likeness (QED) is 0.937. The number of hydrogen-bond acceptors (Lipinski definition) is 3. The van der Waals surface area contributed by atoms with Crippen molar-refractivity contribution in [2.45, 2.75) is 26.8 Å². The maximum atomic E-state index is 13.1. The van der Waals surface area contributed by atoms with E-state index in [1.165, 1.54) is 18.6 Å². The molecule has 0 spiro atoms. The normalized spacial score (nSPS) is 20.8. The molecule has 1 aliphatic rings. The summed E-state index contributed by atoms with van der Waals surface area (Å²) in [6.07, 6.45) is 1.21. The summed E-state index contributed by atoms with van der Waals surface area (Å²) in [7, 11) is 0. The molecule has 4 nitrogen and oxygen atoms in total. The first-order valence-electron chi connectivity index (χ1n) is 8.36. The Morgan fingerprint density at radius 2 is 1.83 bits per heavy atom. The number of nitriles is 1. The molecule has 3 rings (SSSR count). The van der Waals surface area contributed by atoms with Gasteiger partial charge in [0.1, 0.15) is 23.4 Å². The molecule has 1 saturated heterocycles. The number of rotatable bonds is 3. The van der Waals surface area contributed by atoms with Crippen LogP contribution in [0.1, 0.15) is 31.5 Å². The Morgan fingerprint density at radius 3 is 2.42 bits per heavy atom. The van der Waals surface area contributed by atoms with Gasteiger partial charge in [-0.2, -0.15) is 5.26 Å². The number of piperidine rings is 1. The highest BCUT2D eigenvalue weighted by Gasteiger charge is 2.27. The third-order valence-corrected chi connectivity index (χ3v) is 4.63. The number of anilines is 2. The third kappa shape index (κ3) is 3.23. The van der Waals surface area contributed by atoms with E-state index in [9.17, 15) is 9.65 Å². The van der Waals surface area contributed by atoms with Crippen LogP contribution in [-0.2, 0) is 6.54 Å². The average Bonchev–Trinajstić information content (AvgIpc) is 2.84. The number of nitrogens with two attached hydrogens (primary N) is 1. The molecule has 2 N–H and O–H groups in total. The Morgan fingerprint density at radius 1 is 1.21 bits per heavy atom. The monoisotopic (exact) mass is 326 g/mol. The molecule has 1 aliphatic heterocycles. The maximum Gasteiger partial charge on any atom is 0.133 e. The predicted octanol–water partition coefficient (Wildman–Crippen LogP) is 3.61. The molecule has 0 radical (unpaired) electrons. The molecular formula is C19H23FN4. The van der Waals surface area contributed by atoms with Crippen LogP contribution >= 0.6 is 0 Å². The lowest BCUT2D eigenvalue weighted by molar-refractivity contribution is 0.353. The van der Waals surface area contributed by atoms with Gasteiger partial charge in [-0.05, 0) is 42.0 Å². The lowest BCUT2D eigenvalue weighted by atomic mass is 9.92. The van der Waals surface area contributed by atoms with E-state index in [0.29, 0.717) is 29.8 Å². The molecule has 0 amide bonds. The molecule has 24 heavy (non-hydrogen) atoms. The first kappa shape index (κ1) is 16.4. The van der Waals surface area contributed by atoms with Crippen molar-refractivity contribution in [3.8, 4) is 6.07 Å². The van der Waals surface area contributed by atoms with Crippen LogP contribution in [-0.4, -0.2) is 17.7 Å². The van der Waals surface area contributed by atoms with Gasteiger partial charge < -0.3 is 15.2 Å². The maximum absolute atomic E-state index is 13.1. The Labute approximate surface area is 142 Å². The fourth-order valence-electron chi connectivity index (χ4n) is 3.77. The molecule has 0 saturated carbocycles. The fourth-order valence-corrected chi connectivity index (χ4v) is 3.77. The molecule has 1 aromatic heterocycles. The molecule has 0 unspecified atom stereocenters. The first-order valence-corrected chi connectivity index (χ1v) is 8.36. The zero-order valence-electron chi connectivity index (χ0n) is 14.2. The second-order valence-electron chi connectivity index (χ2n) is 6.98. The summed E-state index contributed by atoms with van der Waals surface area (Å²) in [6.45, 7) is 6.88. The Kier molecular flexibility index (Phi) is 4.48. The summed E-state index contributed by atoms with van der Waals surface area (Å²) < 4.78 is 15.1. The highest BCUT2D eigenvalue weighted by Crippen LogP contribution is 2.33. The largest absolute Gasteiger partial charge is 0.396 e. The predicted molar refractivity (Wildman–Crippen MR) is 94.2 cm³/mol. The highest BCUT2D eigenvalue weighted by molar-refractivity contribution is 5.68. The van der Waals surface area contributed by atoms with Gasteiger partial charge in [-0.1, -0.05) is 26.0 Å². The van der Waals surface area contributed by atoms with Crippen LogP contribution in [0.25, 0.3) is 0 Å². The summed E-state index contributed by atoms with van der Waals surface area (Å²) in [5.41, 5.74) is 8.36. The summed E-state index contributed by atoms with van der Waals surface area (Å²) in [5.74, 6) is 1.83. The smallest absolute Gasteiger partial charge is 0.133 e. The van der Waals surface area contributed by atoms with Crippen LogP contribution < -0.4 is 10.6 Å². The first-order chi connectivity index (χ1) is 11.5. The van der Waals surface area contributed by atoms with Crippen molar-refractivity contribution in [1.82, 2.24) is 4.57 Å².